The van der Waals surface area contributed by atoms with E-state index in [1.54, 1.807) is 6.92 Å². The van der Waals surface area contributed by atoms with Gasteiger partial charge >= 0.3 is 7.94 Å². The fourth-order valence-corrected chi connectivity index (χ4v) is 7.76. The second-order valence-electron chi connectivity index (χ2n) is 10.8. The Morgan fingerprint density at radius 2 is 1.50 bits per heavy atom. The van der Waals surface area contributed by atoms with Crippen LogP contribution in [0, 0.1) is 5.41 Å². The molecule has 10 heteroatoms. The Morgan fingerprint density at radius 1 is 0.947 bits per heavy atom. The molecule has 0 aromatic heterocycles. The molecule has 0 aliphatic rings. The molecule has 2 atom stereocenters. The molecule has 1 rings (SSSR count). The predicted octanol–water partition coefficient (Wildman–Crippen LogP) is 3.57. The average molecular weight is 555 g/mol. The lowest BCUT2D eigenvalue weighted by Crippen LogP contribution is -2.54. The van der Waals surface area contributed by atoms with Crippen LogP contribution >= 0.6 is 7.94 Å². The number of carbonyl (C=O) groups is 2. The van der Waals surface area contributed by atoms with Gasteiger partial charge in [0.1, 0.15) is 12.6 Å². The highest BCUT2D eigenvalue weighted by Gasteiger charge is 2.53. The highest BCUT2D eigenvalue weighted by Crippen LogP contribution is 2.65. The second kappa shape index (κ2) is 17.2. The number of nitrogens with zero attached hydrogens (tertiary/aromatic N) is 3. The summed E-state index contributed by atoms with van der Waals surface area (Å²) in [6.07, 6.45) is 7.18. The number of rotatable bonds is 19. The van der Waals surface area contributed by atoms with Gasteiger partial charge in [-0.05, 0) is 18.9 Å². The van der Waals surface area contributed by atoms with E-state index in [2.05, 4.69) is 17.6 Å². The Labute approximate surface area is 231 Å². The first-order chi connectivity index (χ1) is 17.9. The maximum Gasteiger partial charge on any atom is 0.369 e. The fourth-order valence-electron chi connectivity index (χ4n) is 4.46. The smallest absolute Gasteiger partial charge is 0.369 e. The van der Waals surface area contributed by atoms with Gasteiger partial charge in [-0.2, -0.15) is 4.52 Å². The summed E-state index contributed by atoms with van der Waals surface area (Å²) in [5.41, 5.74) is -0.283. The van der Waals surface area contributed by atoms with E-state index in [-0.39, 0.29) is 12.5 Å². The number of hydrogen-bond donors (Lipinski definition) is 3. The predicted molar refractivity (Wildman–Crippen MR) is 158 cm³/mol. The molecule has 0 heterocycles. The number of nitrogens with one attached hydrogen (secondary N) is 2. The Morgan fingerprint density at radius 3 is 2.03 bits per heavy atom. The van der Waals surface area contributed by atoms with Gasteiger partial charge in [-0.25, -0.2) is 0 Å². The van der Waals surface area contributed by atoms with Gasteiger partial charge in [-0.3, -0.25) is 9.59 Å². The molecule has 38 heavy (non-hydrogen) atoms. The molecule has 1 aromatic rings. The summed E-state index contributed by atoms with van der Waals surface area (Å²) in [5.74, 6) is -0.626. The lowest BCUT2D eigenvalue weighted by molar-refractivity contribution is -0.138. The van der Waals surface area contributed by atoms with Gasteiger partial charge in [0.05, 0.1) is 12.0 Å². The summed E-state index contributed by atoms with van der Waals surface area (Å²) in [6, 6.07) is 8.89. The minimum absolute atomic E-state index is 0.00487. The average Bonchev–Trinajstić information content (AvgIpc) is 2.87. The molecule has 0 radical (unpaired) electrons. The van der Waals surface area contributed by atoms with Gasteiger partial charge in [-0.1, -0.05) is 69.4 Å². The van der Waals surface area contributed by atoms with Gasteiger partial charge in [0.2, 0.25) is 11.8 Å². The van der Waals surface area contributed by atoms with Crippen LogP contribution < -0.4 is 10.6 Å². The zero-order valence-corrected chi connectivity index (χ0v) is 25.9. The first kappa shape index (κ1) is 34.4. The monoisotopic (exact) mass is 554 g/mol. The minimum atomic E-state index is -2.37. The van der Waals surface area contributed by atoms with Gasteiger partial charge in [0.25, 0.3) is 0 Å². The van der Waals surface area contributed by atoms with E-state index in [0.717, 1.165) is 18.4 Å². The third-order valence-electron chi connectivity index (χ3n) is 6.75. The topological polar surface area (TPSA) is 97.4 Å². The van der Waals surface area contributed by atoms with Crippen LogP contribution in [0.4, 0.5) is 0 Å². The number of hydrogen-bond acceptors (Lipinski definition) is 7. The van der Waals surface area contributed by atoms with E-state index in [0.29, 0.717) is 13.0 Å². The molecule has 0 fully saturated rings. The van der Waals surface area contributed by atoms with Gasteiger partial charge < -0.3 is 15.7 Å². The van der Waals surface area contributed by atoms with E-state index in [4.69, 9.17) is 4.52 Å². The minimum Gasteiger partial charge on any atom is -0.395 e. The van der Waals surface area contributed by atoms with Crippen LogP contribution in [-0.4, -0.2) is 99.0 Å². The van der Waals surface area contributed by atoms with Crippen molar-refractivity contribution in [1.82, 2.24) is 24.6 Å². The third-order valence-corrected chi connectivity index (χ3v) is 10.4. The Bertz CT molecular complexity index is 803. The van der Waals surface area contributed by atoms with E-state index in [1.165, 1.54) is 25.7 Å². The van der Waals surface area contributed by atoms with Crippen LogP contribution in [0.15, 0.2) is 30.3 Å². The number of benzene rings is 1. The van der Waals surface area contributed by atoms with Crippen molar-refractivity contribution in [3.8, 4) is 0 Å². The standard InChI is InChI=1S/C28H52N5O4P/c1-9-10-11-12-13-17-20-29-26(35)25(21-24-18-15-14-16-19-24)30-27(36)28(2,22-34)23-37-38(31(3)4,32(5)6)33(7)8/h14-16,18-19,25,34H,9-13,17,20-23H2,1-8H3,(H-,29,30,35,36)/p+1/t25-,28?/m0/s1. The number of amides is 2. The highest BCUT2D eigenvalue weighted by atomic mass is 31.2. The number of unbranched alkanes of at least 4 members (excludes halogenated alkanes) is 5. The van der Waals surface area contributed by atoms with Crippen molar-refractivity contribution in [2.75, 3.05) is 62.0 Å². The SMILES string of the molecule is CCCCCCCCNC(=O)[C@H](Cc1ccccc1)NC(=O)C(C)(CO)CO[P+](N(C)C)(N(C)C)N(C)C. The van der Waals surface area contributed by atoms with E-state index >= 15 is 0 Å². The largest absolute Gasteiger partial charge is 0.395 e. The zero-order chi connectivity index (χ0) is 28.8. The molecule has 0 aliphatic carbocycles. The van der Waals surface area contributed by atoms with Crippen molar-refractivity contribution >= 4 is 19.8 Å². The molecule has 0 saturated carbocycles. The molecular weight excluding hydrogens is 501 g/mol. The van der Waals surface area contributed by atoms with Gasteiger partial charge in [0.15, 0.2) is 0 Å². The second-order valence-corrected chi connectivity index (χ2v) is 14.5. The molecule has 2 amide bonds. The van der Waals surface area contributed by atoms with Crippen molar-refractivity contribution in [2.24, 2.45) is 5.41 Å². The Balaban J connectivity index is 2.97. The molecule has 3 N–H and O–H groups in total. The molecule has 9 nitrogen and oxygen atoms in total. The van der Waals surface area contributed by atoms with E-state index < -0.39 is 31.9 Å². The van der Waals surface area contributed by atoms with Crippen LogP contribution in [0.3, 0.4) is 0 Å². The fraction of sp³-hybridized carbons (Fsp3) is 0.714. The van der Waals surface area contributed by atoms with Crippen LogP contribution in [-0.2, 0) is 20.5 Å². The third kappa shape index (κ3) is 10.2. The molecule has 218 valence electrons. The zero-order valence-electron chi connectivity index (χ0n) is 25.0. The van der Waals surface area contributed by atoms with E-state index in [1.807, 2.05) is 86.6 Å². The van der Waals surface area contributed by atoms with Crippen molar-refractivity contribution in [3.63, 3.8) is 0 Å². The lowest BCUT2D eigenvalue weighted by Gasteiger charge is -2.39. The quantitative estimate of drug-likeness (QED) is 0.178. The summed E-state index contributed by atoms with van der Waals surface area (Å²) in [6.45, 7) is 4.03. The summed E-state index contributed by atoms with van der Waals surface area (Å²) < 4.78 is 12.5. The molecule has 0 aliphatic heterocycles. The number of carbonyl (C=O) groups excluding carboxylic acids is 2. The van der Waals surface area contributed by atoms with Crippen LogP contribution in [0.25, 0.3) is 0 Å². The van der Waals surface area contributed by atoms with Crippen LogP contribution in [0.2, 0.25) is 0 Å². The summed E-state index contributed by atoms with van der Waals surface area (Å²) >= 11 is 0. The number of aliphatic hydroxyl groups excluding tert-OH is 1. The maximum atomic E-state index is 13.5. The molecule has 0 spiro atoms. The first-order valence-corrected chi connectivity index (χ1v) is 15.3. The highest BCUT2D eigenvalue weighted by molar-refractivity contribution is 7.64. The van der Waals surface area contributed by atoms with Gasteiger partial charge in [0, 0.05) is 55.3 Å². The maximum absolute atomic E-state index is 13.5. The molecule has 0 saturated heterocycles. The van der Waals surface area contributed by atoms with Crippen molar-refractivity contribution < 1.29 is 19.2 Å². The normalized spacial score (nSPS) is 14.5. The number of aliphatic hydroxyl groups is 1. The van der Waals surface area contributed by atoms with E-state index in [9.17, 15) is 14.7 Å². The summed E-state index contributed by atoms with van der Waals surface area (Å²) in [7, 11) is 9.26. The summed E-state index contributed by atoms with van der Waals surface area (Å²) in [5, 5.41) is 16.2. The molecule has 1 aromatic carbocycles. The molecule has 0 bridgehead atoms. The van der Waals surface area contributed by atoms with Crippen LogP contribution in [0.5, 0.6) is 0 Å². The molecule has 1 unspecified atom stereocenters. The first-order valence-electron chi connectivity index (χ1n) is 13.7. The van der Waals surface area contributed by atoms with Crippen LogP contribution in [0.1, 0.15) is 57.9 Å². The Hall–Kier alpha value is -1.61. The summed E-state index contributed by atoms with van der Waals surface area (Å²) in [4.78, 5) is 26.7. The molecular formula is C28H53N5O4P+. The lowest BCUT2D eigenvalue weighted by atomic mass is 9.91. The van der Waals surface area contributed by atoms with Crippen molar-refractivity contribution in [2.45, 2.75) is 64.8 Å². The van der Waals surface area contributed by atoms with Crippen molar-refractivity contribution in [1.29, 1.82) is 0 Å². The van der Waals surface area contributed by atoms with Gasteiger partial charge in [-0.15, -0.1) is 14.0 Å². The Kier molecular flexibility index (Phi) is 15.5. The van der Waals surface area contributed by atoms with Crippen molar-refractivity contribution in [3.05, 3.63) is 35.9 Å².